The minimum atomic E-state index is -0.953. The van der Waals surface area contributed by atoms with E-state index in [2.05, 4.69) is 0 Å². The van der Waals surface area contributed by atoms with Gasteiger partial charge < -0.3 is 10.2 Å². The molecule has 0 aliphatic carbocycles. The summed E-state index contributed by atoms with van der Waals surface area (Å²) >= 11 is 0. The second-order valence-corrected chi connectivity index (χ2v) is 5.01. The average Bonchev–Trinajstić information content (AvgIpc) is 2.47. The Morgan fingerprint density at radius 1 is 1.00 bits per heavy atom. The van der Waals surface area contributed by atoms with Crippen molar-refractivity contribution < 1.29 is 19.8 Å². The fourth-order valence-corrected chi connectivity index (χ4v) is 2.21. The first kappa shape index (κ1) is 14.8. The molecule has 4 heteroatoms. The molecule has 0 radical (unpaired) electrons. The summed E-state index contributed by atoms with van der Waals surface area (Å²) in [7, 11) is 0. The van der Waals surface area contributed by atoms with Gasteiger partial charge in [-0.15, -0.1) is 0 Å². The minimum Gasteiger partial charge on any atom is -0.481 e. The number of carbonyl (C=O) groups is 2. The largest absolute Gasteiger partial charge is 0.481 e. The number of aliphatic carboxylic acids is 1. The van der Waals surface area contributed by atoms with E-state index < -0.39 is 11.9 Å². The van der Waals surface area contributed by atoms with Crippen LogP contribution >= 0.6 is 0 Å². The van der Waals surface area contributed by atoms with Gasteiger partial charge in [-0.25, -0.2) is 4.79 Å². The molecule has 2 aromatic rings. The van der Waals surface area contributed by atoms with Gasteiger partial charge in [-0.1, -0.05) is 43.3 Å². The van der Waals surface area contributed by atoms with Crippen LogP contribution in [-0.2, 0) is 4.79 Å². The lowest BCUT2D eigenvalue weighted by atomic mass is 9.94. The molecule has 0 aliphatic heterocycles. The van der Waals surface area contributed by atoms with E-state index in [1.165, 1.54) is 0 Å². The van der Waals surface area contributed by atoms with E-state index >= 15 is 0 Å². The summed E-state index contributed by atoms with van der Waals surface area (Å²) in [6.07, 6.45) is 0.0847. The van der Waals surface area contributed by atoms with Crippen molar-refractivity contribution >= 4 is 11.9 Å². The molecule has 0 aromatic heterocycles. The van der Waals surface area contributed by atoms with Crippen LogP contribution < -0.4 is 0 Å². The SMILES string of the molecule is CC(CC(=O)O)c1cccc(-c2ccc(C(=O)O)cc2)c1. The van der Waals surface area contributed by atoms with Crippen LogP contribution in [0.1, 0.15) is 35.2 Å². The molecule has 0 saturated heterocycles. The zero-order valence-corrected chi connectivity index (χ0v) is 11.6. The third-order valence-electron chi connectivity index (χ3n) is 3.40. The van der Waals surface area contributed by atoms with Crippen LogP contribution in [0.15, 0.2) is 48.5 Å². The number of hydrogen-bond donors (Lipinski definition) is 2. The van der Waals surface area contributed by atoms with Crippen LogP contribution in [0.3, 0.4) is 0 Å². The van der Waals surface area contributed by atoms with Crippen LogP contribution in [0.5, 0.6) is 0 Å². The van der Waals surface area contributed by atoms with E-state index in [9.17, 15) is 9.59 Å². The van der Waals surface area contributed by atoms with Crippen molar-refractivity contribution in [3.63, 3.8) is 0 Å². The summed E-state index contributed by atoms with van der Waals surface area (Å²) in [6.45, 7) is 1.88. The molecular formula is C17H16O4. The van der Waals surface area contributed by atoms with Crippen LogP contribution in [-0.4, -0.2) is 22.2 Å². The van der Waals surface area contributed by atoms with Gasteiger partial charge in [0.2, 0.25) is 0 Å². The molecule has 2 rings (SSSR count). The molecule has 0 spiro atoms. The lowest BCUT2D eigenvalue weighted by Gasteiger charge is -2.11. The second-order valence-electron chi connectivity index (χ2n) is 5.01. The lowest BCUT2D eigenvalue weighted by Crippen LogP contribution is -2.02. The fourth-order valence-electron chi connectivity index (χ4n) is 2.21. The summed E-state index contributed by atoms with van der Waals surface area (Å²) < 4.78 is 0. The van der Waals surface area contributed by atoms with Crippen LogP contribution in [0, 0.1) is 0 Å². The number of hydrogen-bond acceptors (Lipinski definition) is 2. The van der Waals surface area contributed by atoms with Gasteiger partial charge in [-0.2, -0.15) is 0 Å². The highest BCUT2D eigenvalue weighted by molar-refractivity contribution is 5.88. The Kier molecular flexibility index (Phi) is 4.38. The van der Waals surface area contributed by atoms with E-state index in [1.807, 2.05) is 31.2 Å². The summed E-state index contributed by atoms with van der Waals surface area (Å²) in [5, 5.41) is 17.7. The Bertz CT molecular complexity index is 659. The average molecular weight is 284 g/mol. The number of rotatable bonds is 5. The second kappa shape index (κ2) is 6.22. The van der Waals surface area contributed by atoms with Crippen LogP contribution in [0.2, 0.25) is 0 Å². The van der Waals surface area contributed by atoms with Crippen molar-refractivity contribution in [1.82, 2.24) is 0 Å². The smallest absolute Gasteiger partial charge is 0.335 e. The molecule has 1 unspecified atom stereocenters. The van der Waals surface area contributed by atoms with E-state index in [0.717, 1.165) is 16.7 Å². The van der Waals surface area contributed by atoms with Crippen LogP contribution in [0.4, 0.5) is 0 Å². The third-order valence-corrected chi connectivity index (χ3v) is 3.40. The summed E-state index contributed by atoms with van der Waals surface area (Å²) in [6, 6.07) is 14.3. The van der Waals surface area contributed by atoms with E-state index in [0.29, 0.717) is 0 Å². The van der Waals surface area contributed by atoms with Crippen molar-refractivity contribution in [2.45, 2.75) is 19.3 Å². The van der Waals surface area contributed by atoms with Gasteiger partial charge in [0.15, 0.2) is 0 Å². The molecule has 0 amide bonds. The molecule has 2 aromatic carbocycles. The van der Waals surface area contributed by atoms with Gasteiger partial charge in [0.25, 0.3) is 0 Å². The zero-order chi connectivity index (χ0) is 15.4. The highest BCUT2D eigenvalue weighted by Gasteiger charge is 2.11. The summed E-state index contributed by atoms with van der Waals surface area (Å²) in [5.74, 6) is -1.84. The van der Waals surface area contributed by atoms with E-state index in [1.54, 1.807) is 24.3 Å². The van der Waals surface area contributed by atoms with Gasteiger partial charge in [-0.3, -0.25) is 4.79 Å². The number of carboxylic acids is 2. The van der Waals surface area contributed by atoms with Crippen molar-refractivity contribution in [3.05, 3.63) is 59.7 Å². The molecule has 4 nitrogen and oxygen atoms in total. The third kappa shape index (κ3) is 3.69. The Morgan fingerprint density at radius 3 is 2.24 bits per heavy atom. The maximum absolute atomic E-state index is 10.8. The predicted molar refractivity (Wildman–Crippen MR) is 79.5 cm³/mol. The molecule has 0 heterocycles. The van der Waals surface area contributed by atoms with Crippen molar-refractivity contribution in [1.29, 1.82) is 0 Å². The van der Waals surface area contributed by atoms with Crippen molar-refractivity contribution in [2.24, 2.45) is 0 Å². The van der Waals surface area contributed by atoms with Gasteiger partial charge >= 0.3 is 11.9 Å². The summed E-state index contributed by atoms with van der Waals surface area (Å²) in [5.41, 5.74) is 3.05. The van der Waals surface area contributed by atoms with Gasteiger partial charge in [-0.05, 0) is 34.7 Å². The number of carboxylic acid groups (broad SMARTS) is 2. The Hall–Kier alpha value is -2.62. The molecule has 0 fully saturated rings. The van der Waals surface area contributed by atoms with Crippen molar-refractivity contribution in [2.75, 3.05) is 0 Å². The monoisotopic (exact) mass is 284 g/mol. The highest BCUT2D eigenvalue weighted by Crippen LogP contribution is 2.26. The quantitative estimate of drug-likeness (QED) is 0.879. The normalized spacial score (nSPS) is 11.9. The Labute approximate surface area is 122 Å². The molecule has 1 atom stereocenters. The highest BCUT2D eigenvalue weighted by atomic mass is 16.4. The van der Waals surface area contributed by atoms with Gasteiger partial charge in [0.05, 0.1) is 12.0 Å². The Morgan fingerprint density at radius 2 is 1.67 bits per heavy atom. The number of benzene rings is 2. The molecule has 2 N–H and O–H groups in total. The summed E-state index contributed by atoms with van der Waals surface area (Å²) in [4.78, 5) is 21.6. The molecule has 21 heavy (non-hydrogen) atoms. The maximum atomic E-state index is 10.8. The first-order chi connectivity index (χ1) is 9.97. The van der Waals surface area contributed by atoms with E-state index in [-0.39, 0.29) is 17.9 Å². The van der Waals surface area contributed by atoms with E-state index in [4.69, 9.17) is 10.2 Å². The first-order valence-corrected chi connectivity index (χ1v) is 6.63. The molecule has 0 bridgehead atoms. The van der Waals surface area contributed by atoms with Crippen LogP contribution in [0.25, 0.3) is 11.1 Å². The standard InChI is InChI=1S/C17H16O4/c1-11(9-16(18)19)14-3-2-4-15(10-14)12-5-7-13(8-6-12)17(20)21/h2-8,10-11H,9H2,1H3,(H,18,19)(H,20,21). The molecule has 108 valence electrons. The minimum absolute atomic E-state index is 0.0688. The molecule has 0 saturated carbocycles. The topological polar surface area (TPSA) is 74.6 Å². The fraction of sp³-hybridized carbons (Fsp3) is 0.176. The Balaban J connectivity index is 2.28. The van der Waals surface area contributed by atoms with Gasteiger partial charge in [0.1, 0.15) is 0 Å². The zero-order valence-electron chi connectivity index (χ0n) is 11.6. The van der Waals surface area contributed by atoms with Crippen molar-refractivity contribution in [3.8, 4) is 11.1 Å². The maximum Gasteiger partial charge on any atom is 0.335 e. The molecular weight excluding hydrogens is 268 g/mol. The number of aromatic carboxylic acids is 1. The van der Waals surface area contributed by atoms with Gasteiger partial charge in [0, 0.05) is 0 Å². The lowest BCUT2D eigenvalue weighted by molar-refractivity contribution is -0.137. The predicted octanol–water partition coefficient (Wildman–Crippen LogP) is 3.63. The molecule has 0 aliphatic rings. The first-order valence-electron chi connectivity index (χ1n) is 6.63.